The van der Waals surface area contributed by atoms with Gasteiger partial charge < -0.3 is 10.1 Å². The zero-order valence-corrected chi connectivity index (χ0v) is 11.9. The first-order chi connectivity index (χ1) is 8.27. The third kappa shape index (κ3) is 5.48. The Labute approximate surface area is 112 Å². The fourth-order valence-electron chi connectivity index (χ4n) is 1.44. The Balaban J connectivity index is 2.47. The van der Waals surface area contributed by atoms with Gasteiger partial charge in [-0.05, 0) is 30.2 Å². The quantitative estimate of drug-likeness (QED) is 0.584. The highest BCUT2D eigenvalue weighted by Crippen LogP contribution is 2.19. The van der Waals surface area contributed by atoms with E-state index in [2.05, 4.69) is 52.9 Å². The molecule has 1 aromatic rings. The fraction of sp³-hybridized carbons (Fsp3) is 0.429. The van der Waals surface area contributed by atoms with E-state index in [0.717, 1.165) is 30.6 Å². The molecule has 1 aromatic carbocycles. The number of halogens is 1. The van der Waals surface area contributed by atoms with Gasteiger partial charge in [-0.1, -0.05) is 41.1 Å². The molecule has 1 N–H and O–H groups in total. The molecule has 0 spiro atoms. The first kappa shape index (κ1) is 14.4. The van der Waals surface area contributed by atoms with Crippen molar-refractivity contribution in [3.63, 3.8) is 0 Å². The number of nitrogens with one attached hydrogen (secondary N) is 1. The predicted molar refractivity (Wildman–Crippen MR) is 76.0 cm³/mol. The van der Waals surface area contributed by atoms with Gasteiger partial charge in [-0.25, -0.2) is 0 Å². The molecule has 0 heterocycles. The van der Waals surface area contributed by atoms with E-state index >= 15 is 0 Å². The van der Waals surface area contributed by atoms with Gasteiger partial charge in [0.05, 0.1) is 13.2 Å². The Kier molecular flexibility index (Phi) is 7.17. The Morgan fingerprint density at radius 1 is 1.47 bits per heavy atom. The minimum Gasteiger partial charge on any atom is -0.376 e. The smallest absolute Gasteiger partial charge is 0.0727 e. The van der Waals surface area contributed by atoms with Gasteiger partial charge in [0.25, 0.3) is 0 Å². The van der Waals surface area contributed by atoms with E-state index < -0.39 is 0 Å². The lowest BCUT2D eigenvalue weighted by molar-refractivity contribution is 0.125. The van der Waals surface area contributed by atoms with Gasteiger partial charge in [0, 0.05) is 11.0 Å². The minimum absolute atomic E-state index is 0.649. The lowest BCUT2D eigenvalue weighted by atomic mass is 10.1. The van der Waals surface area contributed by atoms with Gasteiger partial charge in [-0.3, -0.25) is 0 Å². The molecule has 0 bridgehead atoms. The van der Waals surface area contributed by atoms with Crippen LogP contribution in [0.25, 0.3) is 0 Å². The molecule has 0 saturated heterocycles. The Morgan fingerprint density at radius 3 is 2.94 bits per heavy atom. The van der Waals surface area contributed by atoms with E-state index in [1.807, 2.05) is 6.08 Å². The molecule has 0 amide bonds. The molecule has 0 aromatic heterocycles. The highest BCUT2D eigenvalue weighted by Gasteiger charge is 2.01. The van der Waals surface area contributed by atoms with E-state index in [0.29, 0.717) is 6.61 Å². The summed E-state index contributed by atoms with van der Waals surface area (Å²) in [5, 5.41) is 3.31. The number of hydrogen-bond acceptors (Lipinski definition) is 2. The second-order valence-corrected chi connectivity index (χ2v) is 4.69. The van der Waals surface area contributed by atoms with E-state index in [9.17, 15) is 0 Å². The van der Waals surface area contributed by atoms with Crippen molar-refractivity contribution >= 4 is 15.9 Å². The second kappa shape index (κ2) is 8.45. The molecule has 17 heavy (non-hydrogen) atoms. The van der Waals surface area contributed by atoms with Crippen LogP contribution in [0.5, 0.6) is 0 Å². The molecule has 0 aliphatic heterocycles. The first-order valence-corrected chi connectivity index (χ1v) is 6.74. The van der Waals surface area contributed by atoms with Crippen LogP contribution in [0.15, 0.2) is 35.3 Å². The molecule has 1 rings (SSSR count). The van der Waals surface area contributed by atoms with Crippen molar-refractivity contribution in [3.8, 4) is 0 Å². The fourth-order valence-corrected chi connectivity index (χ4v) is 1.98. The zero-order valence-electron chi connectivity index (χ0n) is 10.3. The highest BCUT2D eigenvalue weighted by molar-refractivity contribution is 9.10. The standard InChI is InChI=1S/C14H20BrNO/c1-3-5-8-17-11-13-7-6-12(9-14(13)15)10-16-4-2/h3,6-7,9,16H,1,4-5,8,10-11H2,2H3. The molecule has 0 radical (unpaired) electrons. The zero-order chi connectivity index (χ0) is 12.5. The summed E-state index contributed by atoms with van der Waals surface area (Å²) in [6.07, 6.45) is 2.77. The van der Waals surface area contributed by atoms with Crippen molar-refractivity contribution in [2.45, 2.75) is 26.5 Å². The maximum atomic E-state index is 5.55. The summed E-state index contributed by atoms with van der Waals surface area (Å²) in [5.74, 6) is 0. The molecular weight excluding hydrogens is 278 g/mol. The van der Waals surface area contributed by atoms with Gasteiger partial charge in [0.2, 0.25) is 0 Å². The van der Waals surface area contributed by atoms with Crippen LogP contribution in [-0.4, -0.2) is 13.2 Å². The van der Waals surface area contributed by atoms with Crippen LogP contribution in [0.4, 0.5) is 0 Å². The average Bonchev–Trinajstić information content (AvgIpc) is 2.34. The Morgan fingerprint density at radius 2 is 2.29 bits per heavy atom. The van der Waals surface area contributed by atoms with Crippen molar-refractivity contribution in [1.29, 1.82) is 0 Å². The predicted octanol–water partition coefficient (Wildman–Crippen LogP) is 3.65. The Hall–Kier alpha value is -0.640. The maximum Gasteiger partial charge on any atom is 0.0727 e. The molecule has 0 aliphatic carbocycles. The van der Waals surface area contributed by atoms with Crippen molar-refractivity contribution < 1.29 is 4.74 Å². The molecule has 0 unspecified atom stereocenters. The first-order valence-electron chi connectivity index (χ1n) is 5.94. The van der Waals surface area contributed by atoms with Crippen LogP contribution >= 0.6 is 15.9 Å². The van der Waals surface area contributed by atoms with Gasteiger partial charge in [0.1, 0.15) is 0 Å². The van der Waals surface area contributed by atoms with Gasteiger partial charge in [0.15, 0.2) is 0 Å². The number of ether oxygens (including phenoxy) is 1. The lowest BCUT2D eigenvalue weighted by Crippen LogP contribution is -2.11. The van der Waals surface area contributed by atoms with Crippen LogP contribution < -0.4 is 5.32 Å². The molecule has 0 aliphatic rings. The molecule has 3 heteroatoms. The van der Waals surface area contributed by atoms with Gasteiger partial charge in [-0.2, -0.15) is 0 Å². The van der Waals surface area contributed by atoms with E-state index in [1.54, 1.807) is 0 Å². The van der Waals surface area contributed by atoms with E-state index in [4.69, 9.17) is 4.74 Å². The highest BCUT2D eigenvalue weighted by atomic mass is 79.9. The second-order valence-electron chi connectivity index (χ2n) is 3.84. The average molecular weight is 298 g/mol. The van der Waals surface area contributed by atoms with Crippen LogP contribution in [0, 0.1) is 0 Å². The summed E-state index contributed by atoms with van der Waals surface area (Å²) in [6, 6.07) is 6.40. The SMILES string of the molecule is C=CCCOCc1ccc(CNCC)cc1Br. The van der Waals surface area contributed by atoms with E-state index in [-0.39, 0.29) is 0 Å². The Bertz CT molecular complexity index is 352. The monoisotopic (exact) mass is 297 g/mol. The summed E-state index contributed by atoms with van der Waals surface area (Å²) in [6.45, 7) is 9.05. The van der Waals surface area contributed by atoms with Crippen molar-refractivity contribution in [2.24, 2.45) is 0 Å². The van der Waals surface area contributed by atoms with Crippen LogP contribution in [0.3, 0.4) is 0 Å². The molecule has 0 atom stereocenters. The summed E-state index contributed by atoms with van der Waals surface area (Å²) < 4.78 is 6.66. The minimum atomic E-state index is 0.649. The topological polar surface area (TPSA) is 21.3 Å². The van der Waals surface area contributed by atoms with Gasteiger partial charge in [-0.15, -0.1) is 6.58 Å². The molecule has 94 valence electrons. The number of benzene rings is 1. The molecular formula is C14H20BrNO. The summed E-state index contributed by atoms with van der Waals surface area (Å²) in [5.41, 5.74) is 2.47. The molecule has 0 fully saturated rings. The molecule has 2 nitrogen and oxygen atoms in total. The van der Waals surface area contributed by atoms with Crippen molar-refractivity contribution in [2.75, 3.05) is 13.2 Å². The maximum absolute atomic E-state index is 5.55. The van der Waals surface area contributed by atoms with Crippen LogP contribution in [-0.2, 0) is 17.9 Å². The third-order valence-electron chi connectivity index (χ3n) is 2.42. The van der Waals surface area contributed by atoms with Crippen molar-refractivity contribution in [1.82, 2.24) is 5.32 Å². The molecule has 0 saturated carbocycles. The number of hydrogen-bond donors (Lipinski definition) is 1. The summed E-state index contributed by atoms with van der Waals surface area (Å²) >= 11 is 3.58. The summed E-state index contributed by atoms with van der Waals surface area (Å²) in [7, 11) is 0. The third-order valence-corrected chi connectivity index (χ3v) is 3.16. The summed E-state index contributed by atoms with van der Waals surface area (Å²) in [4.78, 5) is 0. The van der Waals surface area contributed by atoms with Gasteiger partial charge >= 0.3 is 0 Å². The number of rotatable bonds is 8. The van der Waals surface area contributed by atoms with E-state index in [1.165, 1.54) is 11.1 Å². The van der Waals surface area contributed by atoms with Crippen LogP contribution in [0.2, 0.25) is 0 Å². The lowest BCUT2D eigenvalue weighted by Gasteiger charge is -2.08. The largest absolute Gasteiger partial charge is 0.376 e. The van der Waals surface area contributed by atoms with Crippen LogP contribution in [0.1, 0.15) is 24.5 Å². The van der Waals surface area contributed by atoms with Crippen molar-refractivity contribution in [3.05, 3.63) is 46.5 Å². The normalized spacial score (nSPS) is 10.5.